The summed E-state index contributed by atoms with van der Waals surface area (Å²) in [6, 6.07) is 1.43. The minimum absolute atomic E-state index is 0.100. The van der Waals surface area contributed by atoms with Gasteiger partial charge in [-0.15, -0.1) is 5.70 Å². The van der Waals surface area contributed by atoms with Crippen LogP contribution >= 0.6 is 0 Å². The molecule has 0 radical (unpaired) electrons. The minimum Gasteiger partial charge on any atom is -0.307 e. The minimum atomic E-state index is 0.100. The molecule has 0 amide bonds. The highest BCUT2D eigenvalue weighted by Crippen LogP contribution is 1.92. The molecule has 0 fully saturated rings. The lowest BCUT2D eigenvalue weighted by atomic mass is 10.4. The van der Waals surface area contributed by atoms with Crippen molar-refractivity contribution >= 4 is 9.52 Å². The lowest BCUT2D eigenvalue weighted by Gasteiger charge is -2.13. The van der Waals surface area contributed by atoms with E-state index in [9.17, 15) is 0 Å². The number of allylic oxidation sites excluding steroid dienone is 1. The van der Waals surface area contributed by atoms with Gasteiger partial charge in [0.25, 0.3) is 0 Å². The van der Waals surface area contributed by atoms with E-state index in [1.54, 1.807) is 0 Å². The Hall–Kier alpha value is -0.0831. The lowest BCUT2D eigenvalue weighted by molar-refractivity contribution is 0.353. The topological polar surface area (TPSA) is 3.24 Å². The summed E-state index contributed by atoms with van der Waals surface area (Å²) in [5.74, 6) is 0. The van der Waals surface area contributed by atoms with Crippen LogP contribution in [-0.4, -0.2) is 34.6 Å². The van der Waals surface area contributed by atoms with Crippen molar-refractivity contribution in [1.82, 2.24) is 4.90 Å². The van der Waals surface area contributed by atoms with Gasteiger partial charge < -0.3 is 4.90 Å². The van der Waals surface area contributed by atoms with E-state index >= 15 is 0 Å². The molecule has 0 aliphatic heterocycles. The monoisotopic (exact) mass is 185 g/mol. The van der Waals surface area contributed by atoms with Crippen molar-refractivity contribution in [3.63, 3.8) is 0 Å². The first-order valence-corrected chi connectivity index (χ1v) is 6.80. The molecule has 0 spiro atoms. The van der Waals surface area contributed by atoms with Crippen LogP contribution in [0.1, 0.15) is 27.2 Å². The second kappa shape index (κ2) is 7.56. The molecule has 0 saturated carbocycles. The summed E-state index contributed by atoms with van der Waals surface area (Å²) in [5.41, 5.74) is 3.96. The van der Waals surface area contributed by atoms with Crippen LogP contribution in [0.3, 0.4) is 0 Å². The highest BCUT2D eigenvalue weighted by Gasteiger charge is 1.94. The molecule has 0 atom stereocenters. The third-order valence-electron chi connectivity index (χ3n) is 1.90. The largest absolute Gasteiger partial charge is 0.307 e. The molecular formula is C10H23NSi. The predicted octanol–water partition coefficient (Wildman–Crippen LogP) is 1.84. The Labute approximate surface area is 79.7 Å². The predicted molar refractivity (Wildman–Crippen MR) is 60.6 cm³/mol. The summed E-state index contributed by atoms with van der Waals surface area (Å²) >= 11 is 0. The molecule has 0 heterocycles. The normalized spacial score (nSPS) is 11.4. The van der Waals surface area contributed by atoms with Gasteiger partial charge in [0.05, 0.1) is 0 Å². The summed E-state index contributed by atoms with van der Waals surface area (Å²) < 4.78 is 0. The Balaban J connectivity index is 3.25. The van der Waals surface area contributed by atoms with Crippen LogP contribution in [0.25, 0.3) is 0 Å². The van der Waals surface area contributed by atoms with Crippen molar-refractivity contribution in [2.45, 2.75) is 33.2 Å². The fourth-order valence-corrected chi connectivity index (χ4v) is 2.75. The summed E-state index contributed by atoms with van der Waals surface area (Å²) in [4.78, 5) is 2.44. The molecular weight excluding hydrogens is 162 g/mol. The maximum Gasteiger partial charge on any atom is 0.0465 e. The molecule has 0 aromatic heterocycles. The molecule has 0 bridgehead atoms. The fourth-order valence-electron chi connectivity index (χ4n) is 1.25. The van der Waals surface area contributed by atoms with Crippen LogP contribution < -0.4 is 0 Å². The van der Waals surface area contributed by atoms with Crippen LogP contribution in [0.15, 0.2) is 11.3 Å². The first kappa shape index (κ1) is 11.9. The Morgan fingerprint density at radius 2 is 2.00 bits per heavy atom. The van der Waals surface area contributed by atoms with Gasteiger partial charge in [-0.3, -0.25) is 0 Å². The smallest absolute Gasteiger partial charge is 0.0465 e. The van der Waals surface area contributed by atoms with E-state index in [0.717, 1.165) is 0 Å². The van der Waals surface area contributed by atoms with Crippen LogP contribution in [0, 0.1) is 0 Å². The Morgan fingerprint density at radius 3 is 2.50 bits per heavy atom. The SMILES string of the molecule is CCCN(C)CC[SiH2]C=C(C)C. The van der Waals surface area contributed by atoms with E-state index in [-0.39, 0.29) is 9.52 Å². The quantitative estimate of drug-likeness (QED) is 0.451. The third-order valence-corrected chi connectivity index (χ3v) is 3.73. The van der Waals surface area contributed by atoms with Crippen molar-refractivity contribution in [2.75, 3.05) is 20.1 Å². The van der Waals surface area contributed by atoms with Gasteiger partial charge in [-0.1, -0.05) is 12.5 Å². The van der Waals surface area contributed by atoms with Gasteiger partial charge in [0, 0.05) is 9.52 Å². The average Bonchev–Trinajstić information content (AvgIpc) is 1.98. The van der Waals surface area contributed by atoms with Crippen molar-refractivity contribution in [1.29, 1.82) is 0 Å². The molecule has 72 valence electrons. The number of hydrogen-bond donors (Lipinski definition) is 0. The van der Waals surface area contributed by atoms with E-state index in [1.165, 1.54) is 31.1 Å². The Morgan fingerprint density at radius 1 is 1.33 bits per heavy atom. The Kier molecular flexibility index (Phi) is 7.51. The van der Waals surface area contributed by atoms with Gasteiger partial charge in [0.15, 0.2) is 0 Å². The molecule has 0 unspecified atom stereocenters. The maximum absolute atomic E-state index is 2.46. The van der Waals surface area contributed by atoms with Crippen molar-refractivity contribution in [3.8, 4) is 0 Å². The molecule has 0 aliphatic carbocycles. The van der Waals surface area contributed by atoms with Gasteiger partial charge in [0.1, 0.15) is 0 Å². The molecule has 2 heteroatoms. The fraction of sp³-hybridized carbons (Fsp3) is 0.800. The van der Waals surface area contributed by atoms with E-state index in [0.29, 0.717) is 0 Å². The van der Waals surface area contributed by atoms with Crippen molar-refractivity contribution in [2.24, 2.45) is 0 Å². The van der Waals surface area contributed by atoms with E-state index in [4.69, 9.17) is 0 Å². The van der Waals surface area contributed by atoms with Crippen LogP contribution in [0.4, 0.5) is 0 Å². The van der Waals surface area contributed by atoms with Crippen LogP contribution in [-0.2, 0) is 0 Å². The van der Waals surface area contributed by atoms with Crippen molar-refractivity contribution in [3.05, 3.63) is 11.3 Å². The van der Waals surface area contributed by atoms with Crippen molar-refractivity contribution < 1.29 is 0 Å². The zero-order valence-electron chi connectivity index (χ0n) is 9.06. The summed E-state index contributed by atoms with van der Waals surface area (Å²) in [5, 5.41) is 0. The molecule has 0 rings (SSSR count). The first-order valence-electron chi connectivity index (χ1n) is 4.98. The van der Waals surface area contributed by atoms with Gasteiger partial charge in [-0.2, -0.15) is 0 Å². The van der Waals surface area contributed by atoms with E-state index in [2.05, 4.69) is 38.4 Å². The molecule has 0 N–H and O–H groups in total. The second-order valence-corrected chi connectivity index (χ2v) is 5.42. The molecule has 0 aliphatic rings. The van der Waals surface area contributed by atoms with Crippen LogP contribution in [0.5, 0.6) is 0 Å². The first-order chi connectivity index (χ1) is 5.66. The second-order valence-electron chi connectivity index (χ2n) is 3.73. The molecule has 0 saturated heterocycles. The highest BCUT2D eigenvalue weighted by atomic mass is 28.2. The number of nitrogens with zero attached hydrogens (tertiary/aromatic N) is 1. The van der Waals surface area contributed by atoms with E-state index in [1.807, 2.05) is 0 Å². The average molecular weight is 185 g/mol. The third kappa shape index (κ3) is 8.02. The van der Waals surface area contributed by atoms with Gasteiger partial charge in [-0.05, 0) is 46.4 Å². The number of hydrogen-bond acceptors (Lipinski definition) is 1. The summed E-state index contributed by atoms with van der Waals surface area (Å²) in [6.45, 7) is 9.18. The summed E-state index contributed by atoms with van der Waals surface area (Å²) in [7, 11) is 2.32. The standard InChI is InChI=1S/C10H23NSi/c1-5-6-11(4)7-8-12-9-10(2)3/h9H,5-8,12H2,1-4H3. The maximum atomic E-state index is 2.46. The van der Waals surface area contributed by atoms with Gasteiger partial charge in [0.2, 0.25) is 0 Å². The van der Waals surface area contributed by atoms with Gasteiger partial charge >= 0.3 is 0 Å². The zero-order chi connectivity index (χ0) is 9.40. The zero-order valence-corrected chi connectivity index (χ0v) is 10.5. The molecule has 12 heavy (non-hydrogen) atoms. The molecule has 1 nitrogen and oxygen atoms in total. The lowest BCUT2D eigenvalue weighted by Crippen LogP contribution is -2.20. The summed E-state index contributed by atoms with van der Waals surface area (Å²) in [6.07, 6.45) is 1.28. The Bertz CT molecular complexity index is 128. The molecule has 0 aromatic carbocycles. The van der Waals surface area contributed by atoms with Crippen LogP contribution in [0.2, 0.25) is 6.04 Å². The van der Waals surface area contributed by atoms with E-state index < -0.39 is 0 Å². The molecule has 0 aromatic rings. The highest BCUT2D eigenvalue weighted by molar-refractivity contribution is 6.42. The number of rotatable bonds is 6. The van der Waals surface area contributed by atoms with Gasteiger partial charge in [-0.25, -0.2) is 0 Å².